The van der Waals surface area contributed by atoms with Gasteiger partial charge in [-0.25, -0.2) is 0 Å². The highest BCUT2D eigenvalue weighted by Crippen LogP contribution is 2.28. The normalized spacial score (nSPS) is 19.1. The molecule has 1 unspecified atom stereocenters. The van der Waals surface area contributed by atoms with Crippen molar-refractivity contribution in [3.05, 3.63) is 29.3 Å². The zero-order chi connectivity index (χ0) is 10.8. The molecule has 2 N–H and O–H groups in total. The number of rotatable bonds is 2. The highest BCUT2D eigenvalue weighted by molar-refractivity contribution is 5.79. The van der Waals surface area contributed by atoms with Crippen LogP contribution in [0.25, 0.3) is 0 Å². The number of ether oxygens (including phenoxy) is 1. The van der Waals surface area contributed by atoms with Crippen molar-refractivity contribution in [3.8, 4) is 5.75 Å². The highest BCUT2D eigenvalue weighted by Gasteiger charge is 2.23. The Hall–Kier alpha value is -1.51. The van der Waals surface area contributed by atoms with Gasteiger partial charge in [0.05, 0.1) is 0 Å². The molecule has 1 aliphatic heterocycles. The summed E-state index contributed by atoms with van der Waals surface area (Å²) in [6, 6.07) is 6.11. The van der Waals surface area contributed by atoms with Gasteiger partial charge in [-0.1, -0.05) is 19.1 Å². The monoisotopic (exact) mass is 205 g/mol. The fourth-order valence-electron chi connectivity index (χ4n) is 1.86. The second kappa shape index (κ2) is 3.93. The molecule has 0 aromatic heterocycles. The van der Waals surface area contributed by atoms with Crippen LogP contribution in [0.5, 0.6) is 5.75 Å². The third kappa shape index (κ3) is 1.96. The zero-order valence-corrected chi connectivity index (χ0v) is 8.82. The number of amides is 1. The molecule has 3 heteroatoms. The van der Waals surface area contributed by atoms with Crippen molar-refractivity contribution < 1.29 is 9.53 Å². The Morgan fingerprint density at radius 1 is 1.60 bits per heavy atom. The molecule has 0 bridgehead atoms. The first kappa shape index (κ1) is 10.0. The van der Waals surface area contributed by atoms with Crippen LogP contribution in [0.15, 0.2) is 18.2 Å². The van der Waals surface area contributed by atoms with Crippen molar-refractivity contribution in [2.24, 2.45) is 5.73 Å². The van der Waals surface area contributed by atoms with Crippen molar-refractivity contribution in [1.82, 2.24) is 0 Å². The Morgan fingerprint density at radius 2 is 2.40 bits per heavy atom. The Balaban J connectivity index is 2.24. The van der Waals surface area contributed by atoms with Gasteiger partial charge >= 0.3 is 0 Å². The van der Waals surface area contributed by atoms with Crippen LogP contribution < -0.4 is 10.5 Å². The van der Waals surface area contributed by atoms with E-state index in [1.54, 1.807) is 0 Å². The van der Waals surface area contributed by atoms with Crippen molar-refractivity contribution in [2.75, 3.05) is 0 Å². The molecule has 1 aromatic carbocycles. The van der Waals surface area contributed by atoms with Gasteiger partial charge in [-0.15, -0.1) is 0 Å². The largest absolute Gasteiger partial charge is 0.480 e. The van der Waals surface area contributed by atoms with Gasteiger partial charge in [0.15, 0.2) is 6.10 Å². The predicted octanol–water partition coefficient (Wildman–Crippen LogP) is 1.43. The number of carbonyl (C=O) groups excluding carboxylic acids is 1. The van der Waals surface area contributed by atoms with Crippen LogP contribution in [0.3, 0.4) is 0 Å². The van der Waals surface area contributed by atoms with Crippen LogP contribution in [0, 0.1) is 0 Å². The van der Waals surface area contributed by atoms with E-state index in [0.29, 0.717) is 6.42 Å². The molecule has 0 fully saturated rings. The number of hydrogen-bond donors (Lipinski definition) is 1. The minimum Gasteiger partial charge on any atom is -0.480 e. The molecular weight excluding hydrogens is 190 g/mol. The molecule has 80 valence electrons. The molecule has 0 saturated carbocycles. The summed E-state index contributed by atoms with van der Waals surface area (Å²) in [4.78, 5) is 11.0. The zero-order valence-electron chi connectivity index (χ0n) is 8.82. The third-order valence-corrected chi connectivity index (χ3v) is 2.80. The Morgan fingerprint density at radius 3 is 3.07 bits per heavy atom. The number of nitrogens with two attached hydrogens (primary N) is 1. The predicted molar refractivity (Wildman–Crippen MR) is 57.8 cm³/mol. The van der Waals surface area contributed by atoms with Gasteiger partial charge in [0.25, 0.3) is 5.91 Å². The first-order valence-electron chi connectivity index (χ1n) is 5.28. The van der Waals surface area contributed by atoms with E-state index >= 15 is 0 Å². The third-order valence-electron chi connectivity index (χ3n) is 2.80. The molecule has 0 aliphatic carbocycles. The van der Waals surface area contributed by atoms with Crippen molar-refractivity contribution in [3.63, 3.8) is 0 Å². The average Bonchev–Trinajstić information content (AvgIpc) is 2.27. The first-order chi connectivity index (χ1) is 7.20. The molecule has 15 heavy (non-hydrogen) atoms. The first-order valence-corrected chi connectivity index (χ1v) is 5.28. The molecule has 0 radical (unpaired) electrons. The van der Waals surface area contributed by atoms with E-state index in [1.165, 1.54) is 11.1 Å². The quantitative estimate of drug-likeness (QED) is 0.794. The topological polar surface area (TPSA) is 52.3 Å². The Bertz CT molecular complexity index is 387. The minimum absolute atomic E-state index is 0.375. The summed E-state index contributed by atoms with van der Waals surface area (Å²) in [5, 5.41) is 0. The van der Waals surface area contributed by atoms with Crippen LogP contribution in [-0.2, 0) is 17.6 Å². The van der Waals surface area contributed by atoms with Crippen LogP contribution in [-0.4, -0.2) is 12.0 Å². The molecular formula is C12H15NO2. The van der Waals surface area contributed by atoms with Gasteiger partial charge in [-0.05, 0) is 36.5 Å². The number of aryl methyl sites for hydroxylation is 2. The highest BCUT2D eigenvalue weighted by atomic mass is 16.5. The maximum Gasteiger partial charge on any atom is 0.258 e. The van der Waals surface area contributed by atoms with E-state index in [0.717, 1.165) is 18.6 Å². The van der Waals surface area contributed by atoms with Gasteiger partial charge in [0.1, 0.15) is 5.75 Å². The van der Waals surface area contributed by atoms with Gasteiger partial charge in [0, 0.05) is 0 Å². The Labute approximate surface area is 89.2 Å². The molecule has 2 rings (SSSR count). The molecule has 0 spiro atoms. The van der Waals surface area contributed by atoms with Crippen molar-refractivity contribution >= 4 is 5.91 Å². The molecule has 0 saturated heterocycles. The van der Waals surface area contributed by atoms with Gasteiger partial charge < -0.3 is 10.5 Å². The van der Waals surface area contributed by atoms with E-state index in [-0.39, 0.29) is 5.91 Å². The lowest BCUT2D eigenvalue weighted by atomic mass is 9.99. The molecule has 1 amide bonds. The number of primary amides is 1. The van der Waals surface area contributed by atoms with E-state index in [2.05, 4.69) is 13.0 Å². The Kier molecular flexibility index (Phi) is 2.62. The van der Waals surface area contributed by atoms with Gasteiger partial charge in [0.2, 0.25) is 0 Å². The summed E-state index contributed by atoms with van der Waals surface area (Å²) in [7, 11) is 0. The summed E-state index contributed by atoms with van der Waals surface area (Å²) >= 11 is 0. The van der Waals surface area contributed by atoms with E-state index < -0.39 is 6.10 Å². The molecule has 3 nitrogen and oxygen atoms in total. The van der Waals surface area contributed by atoms with Gasteiger partial charge in [-0.2, -0.15) is 0 Å². The lowest BCUT2D eigenvalue weighted by Gasteiger charge is -2.24. The molecule has 1 atom stereocenters. The fraction of sp³-hybridized carbons (Fsp3) is 0.417. The van der Waals surface area contributed by atoms with E-state index in [4.69, 9.17) is 10.5 Å². The van der Waals surface area contributed by atoms with E-state index in [1.807, 2.05) is 12.1 Å². The van der Waals surface area contributed by atoms with Crippen molar-refractivity contribution in [1.29, 1.82) is 0 Å². The maximum atomic E-state index is 11.0. The van der Waals surface area contributed by atoms with Crippen molar-refractivity contribution in [2.45, 2.75) is 32.3 Å². The summed E-state index contributed by atoms with van der Waals surface area (Å²) in [5.41, 5.74) is 7.70. The fourth-order valence-corrected chi connectivity index (χ4v) is 1.86. The summed E-state index contributed by atoms with van der Waals surface area (Å²) < 4.78 is 5.52. The average molecular weight is 205 g/mol. The lowest BCUT2D eigenvalue weighted by Crippen LogP contribution is -2.36. The SMILES string of the molecule is CCc1ccc2c(c1)CCC(C(N)=O)O2. The lowest BCUT2D eigenvalue weighted by molar-refractivity contribution is -0.125. The summed E-state index contributed by atoms with van der Waals surface area (Å²) in [5.74, 6) is 0.433. The molecule has 1 heterocycles. The van der Waals surface area contributed by atoms with E-state index in [9.17, 15) is 4.79 Å². The standard InChI is InChI=1S/C12H15NO2/c1-2-8-3-5-10-9(7-8)4-6-11(15-10)12(13)14/h3,5,7,11H,2,4,6H2,1H3,(H2,13,14). The number of carbonyl (C=O) groups is 1. The maximum absolute atomic E-state index is 11.0. The van der Waals surface area contributed by atoms with Crippen LogP contribution in [0.1, 0.15) is 24.5 Å². The minimum atomic E-state index is -0.454. The number of hydrogen-bond acceptors (Lipinski definition) is 2. The molecule has 1 aliphatic rings. The van der Waals surface area contributed by atoms with Gasteiger partial charge in [-0.3, -0.25) is 4.79 Å². The second-order valence-corrected chi connectivity index (χ2v) is 3.84. The van der Waals surface area contributed by atoms with Crippen LogP contribution >= 0.6 is 0 Å². The smallest absolute Gasteiger partial charge is 0.258 e. The summed E-state index contributed by atoms with van der Waals surface area (Å²) in [6.45, 7) is 2.12. The molecule has 1 aromatic rings. The van der Waals surface area contributed by atoms with Crippen LogP contribution in [0.2, 0.25) is 0 Å². The number of fused-ring (bicyclic) bond motifs is 1. The van der Waals surface area contributed by atoms with Crippen LogP contribution in [0.4, 0.5) is 0 Å². The summed E-state index contributed by atoms with van der Waals surface area (Å²) in [6.07, 6.45) is 2.13. The number of benzene rings is 1. The second-order valence-electron chi connectivity index (χ2n) is 3.84.